The number of aryl methyl sites for hydroxylation is 1. The lowest BCUT2D eigenvalue weighted by atomic mass is 9.98. The van der Waals surface area contributed by atoms with E-state index in [1.54, 1.807) is 0 Å². The molecule has 1 atom stereocenters. The van der Waals surface area contributed by atoms with E-state index >= 15 is 0 Å². The van der Waals surface area contributed by atoms with Crippen molar-refractivity contribution in [3.8, 4) is 0 Å². The first-order chi connectivity index (χ1) is 7.79. The summed E-state index contributed by atoms with van der Waals surface area (Å²) in [5.41, 5.74) is 1.35. The van der Waals surface area contributed by atoms with Crippen molar-refractivity contribution >= 4 is 16.5 Å². The molecule has 3 rings (SSSR count). The van der Waals surface area contributed by atoms with Crippen LogP contribution in [0, 0.1) is 0 Å². The minimum atomic E-state index is 0.544. The van der Waals surface area contributed by atoms with E-state index in [4.69, 9.17) is 4.98 Å². The third-order valence-corrected chi connectivity index (χ3v) is 4.99. The number of aromatic nitrogens is 1. The van der Waals surface area contributed by atoms with Crippen molar-refractivity contribution < 1.29 is 0 Å². The SMILES string of the molecule is CNC1CCCc2nc(N(C)C3CC3)sc21. The average molecular weight is 237 g/mol. The number of nitrogens with zero attached hydrogens (tertiary/aromatic N) is 2. The molecule has 0 bridgehead atoms. The van der Waals surface area contributed by atoms with Crippen LogP contribution in [0.15, 0.2) is 0 Å². The summed E-state index contributed by atoms with van der Waals surface area (Å²) < 4.78 is 0. The van der Waals surface area contributed by atoms with Gasteiger partial charge in [0.05, 0.1) is 5.69 Å². The second-order valence-corrected chi connectivity index (χ2v) is 5.89. The molecule has 0 spiro atoms. The lowest BCUT2D eigenvalue weighted by molar-refractivity contribution is 0.501. The molecule has 1 fully saturated rings. The largest absolute Gasteiger partial charge is 0.348 e. The normalized spacial score (nSPS) is 24.2. The zero-order valence-corrected chi connectivity index (χ0v) is 10.8. The molecule has 1 aromatic rings. The molecule has 0 aromatic carbocycles. The van der Waals surface area contributed by atoms with Crippen LogP contribution in [-0.4, -0.2) is 25.1 Å². The van der Waals surface area contributed by atoms with Crippen LogP contribution in [0.4, 0.5) is 5.13 Å². The van der Waals surface area contributed by atoms with E-state index in [-0.39, 0.29) is 0 Å². The summed E-state index contributed by atoms with van der Waals surface area (Å²) in [6, 6.07) is 1.31. The van der Waals surface area contributed by atoms with Crippen LogP contribution in [0.3, 0.4) is 0 Å². The van der Waals surface area contributed by atoms with Crippen molar-refractivity contribution in [3.05, 3.63) is 10.6 Å². The van der Waals surface area contributed by atoms with Gasteiger partial charge < -0.3 is 10.2 Å². The highest BCUT2D eigenvalue weighted by atomic mass is 32.1. The molecule has 2 aliphatic carbocycles. The van der Waals surface area contributed by atoms with Crippen LogP contribution in [0.1, 0.15) is 42.3 Å². The Labute approximate surface area is 101 Å². The van der Waals surface area contributed by atoms with E-state index in [0.29, 0.717) is 6.04 Å². The third-order valence-electron chi connectivity index (χ3n) is 3.68. The third kappa shape index (κ3) is 1.74. The standard InChI is InChI=1S/C12H19N3S/c1-13-9-4-3-5-10-11(9)16-12(14-10)15(2)8-6-7-8/h8-9,13H,3-7H2,1-2H3. The molecule has 16 heavy (non-hydrogen) atoms. The molecular formula is C12H19N3S. The topological polar surface area (TPSA) is 28.2 Å². The van der Waals surface area contributed by atoms with Crippen molar-refractivity contribution in [1.29, 1.82) is 0 Å². The Balaban J connectivity index is 1.88. The molecule has 0 saturated heterocycles. The Bertz CT molecular complexity index is 384. The fourth-order valence-electron chi connectivity index (χ4n) is 2.45. The predicted molar refractivity (Wildman–Crippen MR) is 68.3 cm³/mol. The number of hydrogen-bond acceptors (Lipinski definition) is 4. The zero-order chi connectivity index (χ0) is 11.1. The molecule has 88 valence electrons. The fraction of sp³-hybridized carbons (Fsp3) is 0.750. The second kappa shape index (κ2) is 4.00. The molecule has 1 heterocycles. The first-order valence-electron chi connectivity index (χ1n) is 6.19. The van der Waals surface area contributed by atoms with Crippen molar-refractivity contribution in [2.24, 2.45) is 0 Å². The van der Waals surface area contributed by atoms with Gasteiger partial charge in [-0.1, -0.05) is 11.3 Å². The van der Waals surface area contributed by atoms with Crippen LogP contribution in [-0.2, 0) is 6.42 Å². The Kier molecular flexibility index (Phi) is 2.64. The number of nitrogens with one attached hydrogen (secondary N) is 1. The van der Waals surface area contributed by atoms with Crippen molar-refractivity contribution in [2.45, 2.75) is 44.2 Å². The van der Waals surface area contributed by atoms with Gasteiger partial charge >= 0.3 is 0 Å². The highest BCUT2D eigenvalue weighted by Crippen LogP contribution is 2.39. The van der Waals surface area contributed by atoms with E-state index in [1.165, 1.54) is 47.8 Å². The maximum atomic E-state index is 4.81. The summed E-state index contributed by atoms with van der Waals surface area (Å²) in [6.07, 6.45) is 6.39. The summed E-state index contributed by atoms with van der Waals surface area (Å²) in [7, 11) is 4.25. The van der Waals surface area contributed by atoms with E-state index in [2.05, 4.69) is 24.3 Å². The maximum absolute atomic E-state index is 4.81. The highest BCUT2D eigenvalue weighted by Gasteiger charge is 2.30. The number of anilines is 1. The van der Waals surface area contributed by atoms with E-state index < -0.39 is 0 Å². The Morgan fingerprint density at radius 3 is 2.88 bits per heavy atom. The molecule has 0 radical (unpaired) electrons. The van der Waals surface area contributed by atoms with Gasteiger partial charge in [-0.15, -0.1) is 0 Å². The van der Waals surface area contributed by atoms with Crippen LogP contribution in [0.25, 0.3) is 0 Å². The molecule has 2 aliphatic rings. The predicted octanol–water partition coefficient (Wildman–Crippen LogP) is 2.34. The van der Waals surface area contributed by atoms with Gasteiger partial charge in [-0.2, -0.15) is 0 Å². The van der Waals surface area contributed by atoms with Gasteiger partial charge in [0.25, 0.3) is 0 Å². The minimum Gasteiger partial charge on any atom is -0.348 e. The quantitative estimate of drug-likeness (QED) is 0.874. The molecule has 1 aromatic heterocycles. The fourth-order valence-corrected chi connectivity index (χ4v) is 3.74. The first-order valence-corrected chi connectivity index (χ1v) is 7.01. The van der Waals surface area contributed by atoms with Crippen LogP contribution in [0.5, 0.6) is 0 Å². The van der Waals surface area contributed by atoms with Gasteiger partial charge in [0, 0.05) is 24.0 Å². The Morgan fingerprint density at radius 1 is 1.38 bits per heavy atom. The summed E-state index contributed by atoms with van der Waals surface area (Å²) in [4.78, 5) is 8.67. The molecule has 4 heteroatoms. The molecule has 1 N–H and O–H groups in total. The van der Waals surface area contributed by atoms with Gasteiger partial charge in [-0.3, -0.25) is 0 Å². The second-order valence-electron chi connectivity index (χ2n) is 4.88. The van der Waals surface area contributed by atoms with Crippen molar-refractivity contribution in [3.63, 3.8) is 0 Å². The average Bonchev–Trinajstić information content (AvgIpc) is 3.06. The Morgan fingerprint density at radius 2 is 2.19 bits per heavy atom. The van der Waals surface area contributed by atoms with Crippen LogP contribution >= 0.6 is 11.3 Å². The zero-order valence-electron chi connectivity index (χ0n) is 9.99. The van der Waals surface area contributed by atoms with Gasteiger partial charge in [0.15, 0.2) is 5.13 Å². The summed E-state index contributed by atoms with van der Waals surface area (Å²) in [6.45, 7) is 0. The van der Waals surface area contributed by atoms with Gasteiger partial charge in [-0.25, -0.2) is 4.98 Å². The van der Waals surface area contributed by atoms with Gasteiger partial charge in [-0.05, 0) is 39.2 Å². The van der Waals surface area contributed by atoms with Gasteiger partial charge in [0.2, 0.25) is 0 Å². The van der Waals surface area contributed by atoms with E-state index in [9.17, 15) is 0 Å². The van der Waals surface area contributed by atoms with Crippen LogP contribution < -0.4 is 10.2 Å². The lowest BCUT2D eigenvalue weighted by Gasteiger charge is -2.19. The van der Waals surface area contributed by atoms with Crippen molar-refractivity contribution in [2.75, 3.05) is 19.0 Å². The minimum absolute atomic E-state index is 0.544. The number of thiazole rings is 1. The Hall–Kier alpha value is -0.610. The van der Waals surface area contributed by atoms with E-state index in [1.807, 2.05) is 11.3 Å². The number of rotatable bonds is 3. The smallest absolute Gasteiger partial charge is 0.185 e. The molecule has 3 nitrogen and oxygen atoms in total. The van der Waals surface area contributed by atoms with Crippen LogP contribution in [0.2, 0.25) is 0 Å². The van der Waals surface area contributed by atoms with E-state index in [0.717, 1.165) is 6.04 Å². The summed E-state index contributed by atoms with van der Waals surface area (Å²) in [5, 5.41) is 4.64. The molecule has 0 aliphatic heterocycles. The highest BCUT2D eigenvalue weighted by molar-refractivity contribution is 7.15. The summed E-state index contributed by atoms with van der Waals surface area (Å²) in [5.74, 6) is 0. The monoisotopic (exact) mass is 237 g/mol. The molecule has 1 unspecified atom stereocenters. The molecule has 0 amide bonds. The molecule has 1 saturated carbocycles. The number of fused-ring (bicyclic) bond motifs is 1. The van der Waals surface area contributed by atoms with Crippen molar-refractivity contribution in [1.82, 2.24) is 10.3 Å². The summed E-state index contributed by atoms with van der Waals surface area (Å²) >= 11 is 1.90. The first kappa shape index (κ1) is 10.5. The maximum Gasteiger partial charge on any atom is 0.185 e. The van der Waals surface area contributed by atoms with Gasteiger partial charge in [0.1, 0.15) is 0 Å². The lowest BCUT2D eigenvalue weighted by Crippen LogP contribution is -2.20. The number of hydrogen-bond donors (Lipinski definition) is 1. The molecular weight excluding hydrogens is 218 g/mol.